The van der Waals surface area contributed by atoms with Gasteiger partial charge in [-0.05, 0) is 87.1 Å². The minimum Gasteiger partial charge on any atom is -0.333 e. The van der Waals surface area contributed by atoms with Gasteiger partial charge in [-0.2, -0.15) is 5.26 Å². The zero-order valence-electron chi connectivity index (χ0n) is 25.9. The van der Waals surface area contributed by atoms with Gasteiger partial charge in [-0.15, -0.1) is 0 Å². The van der Waals surface area contributed by atoms with E-state index in [2.05, 4.69) is 44.4 Å². The number of hydrogen-bond acceptors (Lipinski definition) is 6. The van der Waals surface area contributed by atoms with E-state index >= 15 is 0 Å². The summed E-state index contributed by atoms with van der Waals surface area (Å²) in [5.74, 6) is -0.254. The average molecular weight is 604 g/mol. The van der Waals surface area contributed by atoms with Crippen LogP contribution in [0.2, 0.25) is 5.02 Å². The van der Waals surface area contributed by atoms with Gasteiger partial charge in [0.05, 0.1) is 17.1 Å². The molecule has 43 heavy (non-hydrogen) atoms. The predicted molar refractivity (Wildman–Crippen MR) is 172 cm³/mol. The van der Waals surface area contributed by atoms with Crippen LogP contribution in [0.4, 0.5) is 5.95 Å². The molecule has 10 heteroatoms. The number of likely N-dealkylation sites (tertiary alicyclic amines) is 1. The van der Waals surface area contributed by atoms with Crippen molar-refractivity contribution in [1.82, 2.24) is 19.8 Å². The molecular formula is C33H42ClN7O2. The van der Waals surface area contributed by atoms with E-state index in [1.54, 1.807) is 43.0 Å². The molecule has 2 heterocycles. The van der Waals surface area contributed by atoms with E-state index in [1.165, 1.54) is 6.08 Å². The molecule has 2 aromatic carbocycles. The maximum absolute atomic E-state index is 13.4. The number of anilines is 1. The van der Waals surface area contributed by atoms with Crippen LogP contribution in [0, 0.1) is 16.7 Å². The average Bonchev–Trinajstić information content (AvgIpc) is 3.53. The summed E-state index contributed by atoms with van der Waals surface area (Å²) in [6, 6.07) is 14.9. The van der Waals surface area contributed by atoms with Crippen LogP contribution in [0.25, 0.3) is 11.0 Å². The van der Waals surface area contributed by atoms with E-state index in [4.69, 9.17) is 22.3 Å². The monoisotopic (exact) mass is 603 g/mol. The lowest BCUT2D eigenvalue weighted by atomic mass is 9.88. The van der Waals surface area contributed by atoms with E-state index in [0.717, 1.165) is 29.4 Å². The van der Waals surface area contributed by atoms with Crippen molar-refractivity contribution in [2.45, 2.75) is 85.1 Å². The molecule has 3 aromatic rings. The smallest absolute Gasteiger partial charge is 0.264 e. The van der Waals surface area contributed by atoms with Crippen molar-refractivity contribution in [1.29, 1.82) is 5.26 Å². The summed E-state index contributed by atoms with van der Waals surface area (Å²) in [4.78, 5) is 33.2. The Labute approximate surface area is 259 Å². The van der Waals surface area contributed by atoms with Gasteiger partial charge in [0.1, 0.15) is 11.6 Å². The number of carbonyl (C=O) groups excluding carboxylic acids is 2. The Morgan fingerprint density at radius 1 is 1.19 bits per heavy atom. The fraction of sp³-hybridized carbons (Fsp3) is 0.455. The van der Waals surface area contributed by atoms with E-state index in [0.29, 0.717) is 42.2 Å². The molecule has 228 valence electrons. The number of amides is 2. The van der Waals surface area contributed by atoms with Crippen molar-refractivity contribution >= 4 is 40.4 Å². The molecule has 2 atom stereocenters. The number of nitriles is 1. The highest BCUT2D eigenvalue weighted by Crippen LogP contribution is 2.28. The Kier molecular flexibility index (Phi) is 9.65. The first-order valence-electron chi connectivity index (χ1n) is 14.7. The second-order valence-corrected chi connectivity index (χ2v) is 13.5. The number of hydrogen-bond donors (Lipinski definition) is 3. The lowest BCUT2D eigenvalue weighted by molar-refractivity contribution is -0.127. The second kappa shape index (κ2) is 12.9. The summed E-state index contributed by atoms with van der Waals surface area (Å²) in [5.41, 5.74) is 8.56. The molecule has 0 bridgehead atoms. The number of imidazole rings is 1. The largest absolute Gasteiger partial charge is 0.333 e. The third-order valence-electron chi connectivity index (χ3n) is 7.95. The molecule has 2 amide bonds. The molecule has 1 unspecified atom stereocenters. The van der Waals surface area contributed by atoms with Gasteiger partial charge in [0.15, 0.2) is 0 Å². The summed E-state index contributed by atoms with van der Waals surface area (Å²) in [5, 5.41) is 16.8. The molecule has 0 spiro atoms. The molecule has 0 saturated carbocycles. The van der Waals surface area contributed by atoms with Crippen LogP contribution in [0.1, 0.15) is 70.3 Å². The number of benzene rings is 2. The van der Waals surface area contributed by atoms with Gasteiger partial charge < -0.3 is 20.5 Å². The van der Waals surface area contributed by atoms with Gasteiger partial charge in [0, 0.05) is 41.8 Å². The highest BCUT2D eigenvalue weighted by Gasteiger charge is 2.33. The Bertz CT molecular complexity index is 1560. The maximum Gasteiger partial charge on any atom is 0.264 e. The lowest BCUT2D eigenvalue weighted by Gasteiger charge is -2.28. The van der Waals surface area contributed by atoms with E-state index in [9.17, 15) is 14.9 Å². The van der Waals surface area contributed by atoms with Crippen LogP contribution in [0.15, 0.2) is 54.1 Å². The van der Waals surface area contributed by atoms with E-state index in [1.807, 2.05) is 22.8 Å². The van der Waals surface area contributed by atoms with Crippen LogP contribution in [0.5, 0.6) is 0 Å². The summed E-state index contributed by atoms with van der Waals surface area (Å²) in [6.07, 6.45) is 3.08. The SMILES string of the molecule is C[C@H](NCc1ccc2c(c1)nc(NC(=O)c1ccc(Cl)cc1)n2CC1CCCN1C(=O)/C(C#N)=C/C(C)(C)N)C(C)(C)C. The molecule has 1 fully saturated rings. The normalized spacial score (nSPS) is 16.8. The Morgan fingerprint density at radius 2 is 1.88 bits per heavy atom. The molecule has 1 aliphatic rings. The van der Waals surface area contributed by atoms with Gasteiger partial charge in [0.25, 0.3) is 11.8 Å². The van der Waals surface area contributed by atoms with Gasteiger partial charge in [-0.25, -0.2) is 4.98 Å². The number of rotatable bonds is 9. The van der Waals surface area contributed by atoms with Crippen molar-refractivity contribution in [2.24, 2.45) is 11.1 Å². The van der Waals surface area contributed by atoms with E-state index in [-0.39, 0.29) is 28.8 Å². The minimum absolute atomic E-state index is 0.0350. The predicted octanol–water partition coefficient (Wildman–Crippen LogP) is 5.64. The number of nitrogens with zero attached hydrogens (tertiary/aromatic N) is 4. The number of nitrogens with one attached hydrogen (secondary N) is 2. The maximum atomic E-state index is 13.4. The fourth-order valence-electron chi connectivity index (χ4n) is 5.09. The first kappa shape index (κ1) is 32.2. The topological polar surface area (TPSA) is 129 Å². The summed E-state index contributed by atoms with van der Waals surface area (Å²) in [6.45, 7) is 13.9. The highest BCUT2D eigenvalue weighted by molar-refractivity contribution is 6.30. The third-order valence-corrected chi connectivity index (χ3v) is 8.21. The molecule has 1 aromatic heterocycles. The fourth-order valence-corrected chi connectivity index (χ4v) is 5.22. The Morgan fingerprint density at radius 3 is 2.51 bits per heavy atom. The highest BCUT2D eigenvalue weighted by atomic mass is 35.5. The van der Waals surface area contributed by atoms with Crippen LogP contribution in [0.3, 0.4) is 0 Å². The van der Waals surface area contributed by atoms with Crippen molar-refractivity contribution in [3.8, 4) is 6.07 Å². The van der Waals surface area contributed by atoms with E-state index < -0.39 is 5.54 Å². The molecule has 0 aliphatic carbocycles. The van der Waals surface area contributed by atoms with Crippen LogP contribution in [-0.4, -0.2) is 50.4 Å². The molecule has 4 rings (SSSR count). The van der Waals surface area contributed by atoms with Gasteiger partial charge >= 0.3 is 0 Å². The zero-order valence-corrected chi connectivity index (χ0v) is 26.6. The molecule has 4 N–H and O–H groups in total. The van der Waals surface area contributed by atoms with Crippen LogP contribution >= 0.6 is 11.6 Å². The molecule has 1 saturated heterocycles. The van der Waals surface area contributed by atoms with Crippen molar-refractivity contribution < 1.29 is 9.59 Å². The number of fused-ring (bicyclic) bond motifs is 1. The minimum atomic E-state index is -0.799. The van der Waals surface area contributed by atoms with Gasteiger partial charge in [0.2, 0.25) is 5.95 Å². The first-order chi connectivity index (χ1) is 20.2. The van der Waals surface area contributed by atoms with Crippen LogP contribution in [-0.2, 0) is 17.9 Å². The Hall–Kier alpha value is -3.71. The summed E-state index contributed by atoms with van der Waals surface area (Å²) < 4.78 is 1.96. The van der Waals surface area contributed by atoms with Gasteiger partial charge in [-0.1, -0.05) is 38.4 Å². The van der Waals surface area contributed by atoms with Crippen molar-refractivity contribution in [2.75, 3.05) is 11.9 Å². The second-order valence-electron chi connectivity index (χ2n) is 13.1. The van der Waals surface area contributed by atoms with Gasteiger partial charge in [-0.3, -0.25) is 14.9 Å². The summed E-state index contributed by atoms with van der Waals surface area (Å²) >= 11 is 6.03. The first-order valence-corrected chi connectivity index (χ1v) is 15.1. The quantitative estimate of drug-likeness (QED) is 0.214. The molecular weight excluding hydrogens is 562 g/mol. The molecule has 9 nitrogen and oxygen atoms in total. The number of carbonyl (C=O) groups is 2. The Balaban J connectivity index is 1.67. The number of aromatic nitrogens is 2. The van der Waals surface area contributed by atoms with Crippen molar-refractivity contribution in [3.05, 3.63) is 70.3 Å². The summed E-state index contributed by atoms with van der Waals surface area (Å²) in [7, 11) is 0. The standard InChI is InChI=1S/C33H42ClN7O2/c1-21(32(2,3)4)37-19-22-9-14-28-27(16-22)38-31(39-29(42)23-10-12-25(34)13-11-23)41(28)20-26-8-7-15-40(26)30(43)24(18-35)17-33(5,6)36/h9-14,16-17,21,26,37H,7-8,15,19-20,36H2,1-6H3,(H,38,39,42)/b24-17+/t21-,26?/m0/s1. The number of halogens is 1. The lowest BCUT2D eigenvalue weighted by Crippen LogP contribution is -2.40. The number of nitrogens with two attached hydrogens (primary N) is 1. The molecule has 1 aliphatic heterocycles. The van der Waals surface area contributed by atoms with Crippen molar-refractivity contribution in [3.63, 3.8) is 0 Å². The molecule has 0 radical (unpaired) electrons. The third kappa shape index (κ3) is 8.02. The van der Waals surface area contributed by atoms with Crippen LogP contribution < -0.4 is 16.4 Å². The zero-order chi connectivity index (χ0) is 31.5.